The molecule has 4 N–H and O–H groups in total. The number of imidazole rings is 1. The van der Waals surface area contributed by atoms with E-state index in [-0.39, 0.29) is 11.7 Å². The molecule has 1 aliphatic carbocycles. The third-order valence-corrected chi connectivity index (χ3v) is 2.12. The predicted molar refractivity (Wildman–Crippen MR) is 41.4 cm³/mol. The normalized spacial score (nSPS) is 23.2. The number of H-pyrrole nitrogens is 2. The van der Waals surface area contributed by atoms with Crippen molar-refractivity contribution in [3.63, 3.8) is 0 Å². The van der Waals surface area contributed by atoms with E-state index in [0.29, 0.717) is 0 Å². The molecule has 0 radical (unpaired) electrons. The Morgan fingerprint density at radius 3 is 2.91 bits per heavy atom. The summed E-state index contributed by atoms with van der Waals surface area (Å²) in [6.45, 7) is 0. The van der Waals surface area contributed by atoms with Gasteiger partial charge in [-0.25, -0.2) is 4.79 Å². The summed E-state index contributed by atoms with van der Waals surface area (Å²) >= 11 is 0. The van der Waals surface area contributed by atoms with Crippen LogP contribution in [0.1, 0.15) is 17.8 Å². The minimum atomic E-state index is -0.107. The minimum Gasteiger partial charge on any atom is -0.327 e. The number of aryl methyl sites for hydroxylation is 1. The fourth-order valence-electron chi connectivity index (χ4n) is 1.54. The first kappa shape index (κ1) is 6.67. The van der Waals surface area contributed by atoms with E-state index in [9.17, 15) is 4.79 Å². The first-order chi connectivity index (χ1) is 5.25. The standard InChI is InChI=1S/C7H11N3O/c8-4-1-2-5-6(3-4)10-7(11)9-5/h4H,1-3,8H2,(H2,9,10,11). The zero-order valence-corrected chi connectivity index (χ0v) is 6.18. The third-order valence-electron chi connectivity index (χ3n) is 2.12. The van der Waals surface area contributed by atoms with Crippen molar-refractivity contribution >= 4 is 0 Å². The number of aromatic nitrogens is 2. The van der Waals surface area contributed by atoms with Gasteiger partial charge in [0, 0.05) is 23.9 Å². The Kier molecular flexibility index (Phi) is 1.35. The summed E-state index contributed by atoms with van der Waals surface area (Å²) in [5.74, 6) is 0. The number of fused-ring (bicyclic) bond motifs is 1. The lowest BCUT2D eigenvalue weighted by Gasteiger charge is -2.16. The van der Waals surface area contributed by atoms with E-state index in [0.717, 1.165) is 30.7 Å². The molecule has 1 heterocycles. The third kappa shape index (κ3) is 1.09. The first-order valence-corrected chi connectivity index (χ1v) is 3.81. The molecule has 11 heavy (non-hydrogen) atoms. The first-order valence-electron chi connectivity index (χ1n) is 3.81. The van der Waals surface area contributed by atoms with Gasteiger partial charge in [-0.2, -0.15) is 0 Å². The number of aromatic amines is 2. The van der Waals surface area contributed by atoms with Crippen LogP contribution in [0.3, 0.4) is 0 Å². The molecule has 0 saturated carbocycles. The molecule has 0 fully saturated rings. The second-order valence-electron chi connectivity index (χ2n) is 3.04. The second kappa shape index (κ2) is 2.23. The zero-order chi connectivity index (χ0) is 7.84. The van der Waals surface area contributed by atoms with Crippen LogP contribution >= 0.6 is 0 Å². The highest BCUT2D eigenvalue weighted by molar-refractivity contribution is 5.16. The van der Waals surface area contributed by atoms with Crippen LogP contribution in [0.25, 0.3) is 0 Å². The smallest absolute Gasteiger partial charge is 0.323 e. The maximum atomic E-state index is 10.8. The SMILES string of the molecule is NC1CCc2[nH]c(=O)[nH]c2C1. The summed E-state index contributed by atoms with van der Waals surface area (Å²) in [6.07, 6.45) is 2.67. The molecule has 0 amide bonds. The Hall–Kier alpha value is -1.03. The molecule has 1 atom stereocenters. The van der Waals surface area contributed by atoms with Crippen LogP contribution in [-0.2, 0) is 12.8 Å². The molecule has 0 spiro atoms. The van der Waals surface area contributed by atoms with E-state index in [2.05, 4.69) is 9.97 Å². The fourth-order valence-corrected chi connectivity index (χ4v) is 1.54. The molecule has 0 saturated heterocycles. The summed E-state index contributed by atoms with van der Waals surface area (Å²) < 4.78 is 0. The van der Waals surface area contributed by atoms with Crippen LogP contribution in [0.5, 0.6) is 0 Å². The molecular weight excluding hydrogens is 142 g/mol. The van der Waals surface area contributed by atoms with Crippen molar-refractivity contribution in [3.8, 4) is 0 Å². The molecule has 0 aromatic carbocycles. The molecule has 0 bridgehead atoms. The van der Waals surface area contributed by atoms with Gasteiger partial charge in [-0.3, -0.25) is 0 Å². The minimum absolute atomic E-state index is 0.107. The lowest BCUT2D eigenvalue weighted by Crippen LogP contribution is -2.27. The summed E-state index contributed by atoms with van der Waals surface area (Å²) in [5, 5.41) is 0. The van der Waals surface area contributed by atoms with Crippen molar-refractivity contribution in [3.05, 3.63) is 21.9 Å². The summed E-state index contributed by atoms with van der Waals surface area (Å²) in [7, 11) is 0. The van der Waals surface area contributed by atoms with E-state index in [4.69, 9.17) is 5.73 Å². The Morgan fingerprint density at radius 2 is 2.09 bits per heavy atom. The van der Waals surface area contributed by atoms with Crippen molar-refractivity contribution in [2.24, 2.45) is 5.73 Å². The van der Waals surface area contributed by atoms with Gasteiger partial charge in [-0.1, -0.05) is 0 Å². The number of rotatable bonds is 0. The van der Waals surface area contributed by atoms with Gasteiger partial charge in [0.2, 0.25) is 0 Å². The lowest BCUT2D eigenvalue weighted by molar-refractivity contribution is 0.565. The van der Waals surface area contributed by atoms with Gasteiger partial charge < -0.3 is 15.7 Å². The van der Waals surface area contributed by atoms with E-state index < -0.39 is 0 Å². The maximum absolute atomic E-state index is 10.8. The Morgan fingerprint density at radius 1 is 1.36 bits per heavy atom. The van der Waals surface area contributed by atoms with Gasteiger partial charge >= 0.3 is 5.69 Å². The second-order valence-corrected chi connectivity index (χ2v) is 3.04. The van der Waals surface area contributed by atoms with E-state index in [1.165, 1.54) is 0 Å². The van der Waals surface area contributed by atoms with E-state index in [1.807, 2.05) is 0 Å². The van der Waals surface area contributed by atoms with Gasteiger partial charge in [-0.15, -0.1) is 0 Å². The molecule has 1 aromatic heterocycles. The number of nitrogens with two attached hydrogens (primary N) is 1. The van der Waals surface area contributed by atoms with Crippen LogP contribution in [0.15, 0.2) is 4.79 Å². The largest absolute Gasteiger partial charge is 0.327 e. The van der Waals surface area contributed by atoms with Crippen LogP contribution in [0, 0.1) is 0 Å². The van der Waals surface area contributed by atoms with Crippen LogP contribution in [0.4, 0.5) is 0 Å². The van der Waals surface area contributed by atoms with Gasteiger partial charge in [0.25, 0.3) is 0 Å². The summed E-state index contributed by atoms with van der Waals surface area (Å²) in [4.78, 5) is 16.3. The molecule has 60 valence electrons. The Labute approximate surface area is 63.8 Å². The van der Waals surface area contributed by atoms with Gasteiger partial charge in [0.15, 0.2) is 0 Å². The van der Waals surface area contributed by atoms with Gasteiger partial charge in [0.1, 0.15) is 0 Å². The summed E-state index contributed by atoms with van der Waals surface area (Å²) in [6, 6.07) is 0.217. The summed E-state index contributed by atoms with van der Waals surface area (Å²) in [5.41, 5.74) is 7.65. The van der Waals surface area contributed by atoms with Crippen molar-refractivity contribution < 1.29 is 0 Å². The van der Waals surface area contributed by atoms with Crippen molar-refractivity contribution in [1.82, 2.24) is 9.97 Å². The van der Waals surface area contributed by atoms with Gasteiger partial charge in [0.05, 0.1) is 0 Å². The number of hydrogen-bond donors (Lipinski definition) is 3. The Balaban J connectivity index is 2.41. The molecule has 1 aromatic rings. The molecule has 0 aliphatic heterocycles. The van der Waals surface area contributed by atoms with Crippen molar-refractivity contribution in [2.45, 2.75) is 25.3 Å². The average Bonchev–Trinajstić information content (AvgIpc) is 2.27. The molecule has 4 nitrogen and oxygen atoms in total. The topological polar surface area (TPSA) is 74.7 Å². The highest BCUT2D eigenvalue weighted by atomic mass is 16.1. The molecule has 2 rings (SSSR count). The van der Waals surface area contributed by atoms with Crippen LogP contribution in [-0.4, -0.2) is 16.0 Å². The quantitative estimate of drug-likeness (QED) is 0.471. The maximum Gasteiger partial charge on any atom is 0.323 e. The number of nitrogens with one attached hydrogen (secondary N) is 2. The average molecular weight is 153 g/mol. The van der Waals surface area contributed by atoms with E-state index in [1.54, 1.807) is 0 Å². The van der Waals surface area contributed by atoms with E-state index >= 15 is 0 Å². The fraction of sp³-hybridized carbons (Fsp3) is 0.571. The van der Waals surface area contributed by atoms with Gasteiger partial charge in [-0.05, 0) is 12.8 Å². The number of hydrogen-bond acceptors (Lipinski definition) is 2. The molecule has 1 unspecified atom stereocenters. The zero-order valence-electron chi connectivity index (χ0n) is 6.18. The predicted octanol–water partition coefficient (Wildman–Crippen LogP) is -0.481. The monoisotopic (exact) mass is 153 g/mol. The van der Waals surface area contributed by atoms with Crippen LogP contribution < -0.4 is 11.4 Å². The molecular formula is C7H11N3O. The lowest BCUT2D eigenvalue weighted by atomic mass is 9.97. The molecule has 4 heteroatoms. The Bertz CT molecular complexity index is 312. The highest BCUT2D eigenvalue weighted by Gasteiger charge is 2.17. The molecule has 1 aliphatic rings. The highest BCUT2D eigenvalue weighted by Crippen LogP contribution is 2.14. The van der Waals surface area contributed by atoms with Crippen LogP contribution in [0.2, 0.25) is 0 Å². The van der Waals surface area contributed by atoms with Crippen molar-refractivity contribution in [1.29, 1.82) is 0 Å². The van der Waals surface area contributed by atoms with Crippen molar-refractivity contribution in [2.75, 3.05) is 0 Å².